The molecule has 0 unspecified atom stereocenters. The molecule has 0 aliphatic heterocycles. The Balaban J connectivity index is 3.28. The predicted molar refractivity (Wildman–Crippen MR) is 68.5 cm³/mol. The summed E-state index contributed by atoms with van der Waals surface area (Å²) < 4.78 is 7.28. The van der Waals surface area contributed by atoms with E-state index in [4.69, 9.17) is 0 Å². The van der Waals surface area contributed by atoms with Gasteiger partial charge in [0.15, 0.2) is 0 Å². The van der Waals surface area contributed by atoms with E-state index in [1.165, 1.54) is 12.3 Å². The van der Waals surface area contributed by atoms with Crippen LogP contribution in [0.2, 0.25) is 39.3 Å². The Bertz CT molecular complexity index is 124. The van der Waals surface area contributed by atoms with E-state index in [-0.39, 0.29) is 0 Å². The Hall–Kier alpha value is 1.15. The van der Waals surface area contributed by atoms with Crippen LogP contribution in [0.4, 0.5) is 0 Å². The van der Waals surface area contributed by atoms with E-state index >= 15 is 0 Å². The van der Waals surface area contributed by atoms with Crippen molar-refractivity contribution in [3.8, 4) is 0 Å². The van der Waals surface area contributed by atoms with Crippen molar-refractivity contribution in [2.45, 2.75) is 39.3 Å². The Morgan fingerprint density at radius 3 is 1.31 bits per heavy atom. The molecule has 5 heteroatoms. The van der Waals surface area contributed by atoms with Crippen molar-refractivity contribution < 1.29 is 0 Å². The van der Waals surface area contributed by atoms with Gasteiger partial charge in [-0.2, -0.15) is 0 Å². The first-order valence-corrected chi connectivity index (χ1v) is 15.2. The first-order chi connectivity index (χ1) is 5.71. The fourth-order valence-electron chi connectivity index (χ4n) is 0.681. The van der Waals surface area contributed by atoms with E-state index in [9.17, 15) is 0 Å². The number of hydrogen-bond donors (Lipinski definition) is 2. The van der Waals surface area contributed by atoms with Gasteiger partial charge < -0.3 is 0 Å². The molecular formula is C8H24N2Si2Sn. The Morgan fingerprint density at radius 1 is 0.769 bits per heavy atom. The van der Waals surface area contributed by atoms with Crippen LogP contribution in [0.3, 0.4) is 0 Å². The monoisotopic (exact) mass is 324 g/mol. The maximum atomic E-state index is 3.64. The average Bonchev–Trinajstić information content (AvgIpc) is 1.81. The molecule has 0 amide bonds. The van der Waals surface area contributed by atoms with Crippen LogP contribution in [0.25, 0.3) is 0 Å². The standard InChI is InChI=1S/2C4H12NSi.Sn/c2*1-6(2,3)4-5;/h2*5H,4H2,1-3H3;/q2*-1;+2. The second-order valence-electron chi connectivity index (χ2n) is 5.95. The first kappa shape index (κ1) is 14.2. The van der Waals surface area contributed by atoms with Gasteiger partial charge in [0, 0.05) is 0 Å². The van der Waals surface area contributed by atoms with E-state index in [0.29, 0.717) is 0 Å². The second-order valence-corrected chi connectivity index (χ2v) is 19.6. The zero-order valence-electron chi connectivity index (χ0n) is 9.91. The molecule has 0 atom stereocenters. The summed E-state index contributed by atoms with van der Waals surface area (Å²) in [5, 5.41) is 0. The summed E-state index contributed by atoms with van der Waals surface area (Å²) in [6.07, 6.45) is 2.58. The van der Waals surface area contributed by atoms with Crippen LogP contribution in [0.1, 0.15) is 0 Å². The summed E-state index contributed by atoms with van der Waals surface area (Å²) in [5.74, 6) is 0. The number of nitrogens with one attached hydrogen (secondary N) is 2. The summed E-state index contributed by atoms with van der Waals surface area (Å²) in [6, 6.07) is 0. The SMILES string of the molecule is C[Si](C)(C)C[NH][Sn][NH]C[Si](C)(C)C. The van der Waals surface area contributed by atoms with Crippen LogP contribution in [-0.4, -0.2) is 50.2 Å². The van der Waals surface area contributed by atoms with E-state index in [1.54, 1.807) is 0 Å². The molecular weight excluding hydrogens is 299 g/mol. The molecule has 0 saturated carbocycles. The van der Waals surface area contributed by atoms with Gasteiger partial charge in [-0.1, -0.05) is 0 Å². The van der Waals surface area contributed by atoms with E-state index < -0.39 is 37.8 Å². The maximum absolute atomic E-state index is 3.64. The first-order valence-electron chi connectivity index (χ1n) is 4.91. The minimum absolute atomic E-state index is 0.439. The van der Waals surface area contributed by atoms with Gasteiger partial charge in [-0.25, -0.2) is 0 Å². The van der Waals surface area contributed by atoms with Gasteiger partial charge in [0.25, 0.3) is 0 Å². The Labute approximate surface area is 96.2 Å². The zero-order valence-corrected chi connectivity index (χ0v) is 14.8. The van der Waals surface area contributed by atoms with E-state index in [0.717, 1.165) is 0 Å². The molecule has 0 bridgehead atoms. The molecule has 0 aromatic carbocycles. The third-order valence-corrected chi connectivity index (χ3v) is 7.93. The van der Waals surface area contributed by atoms with Crippen LogP contribution in [0.15, 0.2) is 0 Å². The van der Waals surface area contributed by atoms with Gasteiger partial charge in [0.2, 0.25) is 0 Å². The van der Waals surface area contributed by atoms with Crippen molar-refractivity contribution in [3.05, 3.63) is 0 Å². The topological polar surface area (TPSA) is 24.1 Å². The van der Waals surface area contributed by atoms with Crippen LogP contribution >= 0.6 is 0 Å². The molecule has 13 heavy (non-hydrogen) atoms. The van der Waals surface area contributed by atoms with Gasteiger partial charge in [-0.05, 0) is 0 Å². The predicted octanol–water partition coefficient (Wildman–Crippen LogP) is 1.45. The van der Waals surface area contributed by atoms with Gasteiger partial charge in [0.05, 0.1) is 0 Å². The van der Waals surface area contributed by atoms with E-state index in [2.05, 4.69) is 46.4 Å². The molecule has 2 N–H and O–H groups in total. The van der Waals surface area contributed by atoms with Crippen molar-refractivity contribution in [1.29, 1.82) is 0 Å². The van der Waals surface area contributed by atoms with Gasteiger partial charge in [-0.15, -0.1) is 0 Å². The molecule has 2 nitrogen and oxygen atoms in total. The molecule has 0 rings (SSSR count). The van der Waals surface area contributed by atoms with Gasteiger partial charge in [0.1, 0.15) is 0 Å². The normalized spacial score (nSPS) is 13.4. The summed E-state index contributed by atoms with van der Waals surface area (Å²) >= 11 is -0.439. The Kier molecular flexibility index (Phi) is 6.42. The van der Waals surface area contributed by atoms with Crippen LogP contribution < -0.4 is 7.08 Å². The molecule has 0 saturated heterocycles. The molecule has 0 spiro atoms. The minimum atomic E-state index is -0.850. The molecule has 0 fully saturated rings. The number of rotatable bonds is 6. The molecule has 0 aromatic rings. The third kappa shape index (κ3) is 13.2. The molecule has 0 heterocycles. The molecule has 0 aliphatic carbocycles. The van der Waals surface area contributed by atoms with Crippen molar-refractivity contribution in [2.24, 2.45) is 0 Å². The van der Waals surface area contributed by atoms with Crippen LogP contribution in [0, 0.1) is 0 Å². The van der Waals surface area contributed by atoms with Crippen molar-refractivity contribution in [1.82, 2.24) is 7.08 Å². The molecule has 78 valence electrons. The van der Waals surface area contributed by atoms with Crippen molar-refractivity contribution in [3.63, 3.8) is 0 Å². The quantitative estimate of drug-likeness (QED) is 0.571. The summed E-state index contributed by atoms with van der Waals surface area (Å²) in [6.45, 7) is 14.5. The Morgan fingerprint density at radius 2 is 1.08 bits per heavy atom. The van der Waals surface area contributed by atoms with Gasteiger partial charge >= 0.3 is 96.5 Å². The zero-order chi connectivity index (χ0) is 10.5. The summed E-state index contributed by atoms with van der Waals surface area (Å²) in [4.78, 5) is 0. The second kappa shape index (κ2) is 5.89. The van der Waals surface area contributed by atoms with Crippen molar-refractivity contribution >= 4 is 37.8 Å². The number of hydrogen-bond acceptors (Lipinski definition) is 2. The fourth-order valence-corrected chi connectivity index (χ4v) is 12.9. The van der Waals surface area contributed by atoms with Crippen LogP contribution in [-0.2, 0) is 0 Å². The third-order valence-electron chi connectivity index (χ3n) is 1.41. The summed E-state index contributed by atoms with van der Waals surface area (Å²) in [5.41, 5.74) is 0. The van der Waals surface area contributed by atoms with Gasteiger partial charge in [-0.3, -0.25) is 0 Å². The molecule has 2 radical (unpaired) electrons. The average molecular weight is 323 g/mol. The van der Waals surface area contributed by atoms with E-state index in [1.807, 2.05) is 0 Å². The summed E-state index contributed by atoms with van der Waals surface area (Å²) in [7, 11) is -1.70. The molecule has 0 aromatic heterocycles. The fraction of sp³-hybridized carbons (Fsp3) is 1.00. The van der Waals surface area contributed by atoms with Crippen LogP contribution in [0.5, 0.6) is 0 Å². The molecule has 0 aliphatic rings. The van der Waals surface area contributed by atoms with Crippen molar-refractivity contribution in [2.75, 3.05) is 12.3 Å².